The predicted molar refractivity (Wildman–Crippen MR) is 71.9 cm³/mol. The predicted octanol–water partition coefficient (Wildman–Crippen LogP) is 1.81. The molecule has 1 amide bonds. The number of nitrogens with one attached hydrogen (secondary N) is 1. The number of hydrogen-bond acceptors (Lipinski definition) is 2. The van der Waals surface area contributed by atoms with E-state index in [9.17, 15) is 4.79 Å². The van der Waals surface area contributed by atoms with Crippen LogP contribution in [0.2, 0.25) is 0 Å². The van der Waals surface area contributed by atoms with Gasteiger partial charge in [-0.05, 0) is 18.1 Å². The Bertz CT molecular complexity index is 389. The van der Waals surface area contributed by atoms with Crippen LogP contribution in [0.25, 0.3) is 0 Å². The van der Waals surface area contributed by atoms with Gasteiger partial charge < -0.3 is 10.2 Å². The minimum atomic E-state index is 0.266. The maximum absolute atomic E-state index is 12.0. The normalized spacial score (nSPS) is 15.9. The van der Waals surface area contributed by atoms with Gasteiger partial charge in [-0.15, -0.1) is 0 Å². The molecular weight excluding hydrogens is 280 g/mol. The van der Waals surface area contributed by atoms with Gasteiger partial charge in [0, 0.05) is 37.1 Å². The standard InChI is InChI=1S/C13H17BrN2O/c14-12-4-2-1-3-11(12)5-6-13(17)16-9-7-15-8-10-16/h1-4,15H,5-10H2. The summed E-state index contributed by atoms with van der Waals surface area (Å²) in [6.07, 6.45) is 1.41. The van der Waals surface area contributed by atoms with Crippen LogP contribution in [0.3, 0.4) is 0 Å². The summed E-state index contributed by atoms with van der Waals surface area (Å²) >= 11 is 3.51. The van der Waals surface area contributed by atoms with Crippen molar-refractivity contribution < 1.29 is 4.79 Å². The summed E-state index contributed by atoms with van der Waals surface area (Å²) in [5.41, 5.74) is 1.20. The Morgan fingerprint density at radius 1 is 1.29 bits per heavy atom. The number of piperazine rings is 1. The molecule has 3 nitrogen and oxygen atoms in total. The molecule has 0 aromatic heterocycles. The van der Waals surface area contributed by atoms with E-state index >= 15 is 0 Å². The third-order valence-electron chi connectivity index (χ3n) is 3.04. The highest BCUT2D eigenvalue weighted by molar-refractivity contribution is 9.10. The quantitative estimate of drug-likeness (QED) is 0.923. The number of aryl methyl sites for hydroxylation is 1. The first kappa shape index (κ1) is 12.6. The van der Waals surface area contributed by atoms with Gasteiger partial charge in [0.05, 0.1) is 0 Å². The van der Waals surface area contributed by atoms with E-state index in [4.69, 9.17) is 0 Å². The fraction of sp³-hybridized carbons (Fsp3) is 0.462. The van der Waals surface area contributed by atoms with Crippen molar-refractivity contribution in [2.45, 2.75) is 12.8 Å². The third kappa shape index (κ3) is 3.54. The van der Waals surface area contributed by atoms with E-state index in [0.29, 0.717) is 6.42 Å². The monoisotopic (exact) mass is 296 g/mol. The lowest BCUT2D eigenvalue weighted by molar-refractivity contribution is -0.131. The molecule has 0 unspecified atom stereocenters. The second-order valence-corrected chi connectivity index (χ2v) is 5.08. The molecule has 1 heterocycles. The van der Waals surface area contributed by atoms with E-state index in [2.05, 4.69) is 27.3 Å². The van der Waals surface area contributed by atoms with Crippen molar-refractivity contribution in [3.63, 3.8) is 0 Å². The van der Waals surface area contributed by atoms with Crippen molar-refractivity contribution in [3.05, 3.63) is 34.3 Å². The fourth-order valence-electron chi connectivity index (χ4n) is 2.02. The number of rotatable bonds is 3. The average Bonchev–Trinajstić information content (AvgIpc) is 2.38. The Morgan fingerprint density at radius 2 is 2.00 bits per heavy atom. The van der Waals surface area contributed by atoms with Crippen LogP contribution in [0, 0.1) is 0 Å². The fourth-order valence-corrected chi connectivity index (χ4v) is 2.50. The Kier molecular flexibility index (Phi) is 4.57. The van der Waals surface area contributed by atoms with Gasteiger partial charge in [-0.25, -0.2) is 0 Å². The molecule has 0 spiro atoms. The summed E-state index contributed by atoms with van der Waals surface area (Å²) in [6, 6.07) is 8.08. The first-order valence-corrected chi connectivity index (χ1v) is 6.78. The molecular formula is C13H17BrN2O. The summed E-state index contributed by atoms with van der Waals surface area (Å²) in [5.74, 6) is 0.266. The Balaban J connectivity index is 1.85. The molecule has 1 aromatic rings. The average molecular weight is 297 g/mol. The van der Waals surface area contributed by atoms with E-state index in [0.717, 1.165) is 37.1 Å². The zero-order valence-corrected chi connectivity index (χ0v) is 11.4. The summed E-state index contributed by atoms with van der Waals surface area (Å²) in [7, 11) is 0. The first-order valence-electron chi connectivity index (χ1n) is 5.99. The molecule has 1 N–H and O–H groups in total. The maximum atomic E-state index is 12.0. The van der Waals surface area contributed by atoms with E-state index in [-0.39, 0.29) is 5.91 Å². The van der Waals surface area contributed by atoms with Gasteiger partial charge in [-0.1, -0.05) is 34.1 Å². The van der Waals surface area contributed by atoms with E-state index < -0.39 is 0 Å². The summed E-state index contributed by atoms with van der Waals surface area (Å²) in [4.78, 5) is 13.9. The highest BCUT2D eigenvalue weighted by Crippen LogP contribution is 2.17. The SMILES string of the molecule is O=C(CCc1ccccc1Br)N1CCNCC1. The second kappa shape index (κ2) is 6.17. The van der Waals surface area contributed by atoms with Gasteiger partial charge in [0.15, 0.2) is 0 Å². The van der Waals surface area contributed by atoms with Crippen LogP contribution in [0.5, 0.6) is 0 Å². The number of amides is 1. The molecule has 1 aliphatic rings. The molecule has 1 aromatic carbocycles. The molecule has 17 heavy (non-hydrogen) atoms. The molecule has 1 saturated heterocycles. The topological polar surface area (TPSA) is 32.3 Å². The van der Waals surface area contributed by atoms with Crippen LogP contribution in [0.15, 0.2) is 28.7 Å². The number of halogens is 1. The van der Waals surface area contributed by atoms with Crippen LogP contribution < -0.4 is 5.32 Å². The lowest BCUT2D eigenvalue weighted by Gasteiger charge is -2.27. The number of nitrogens with zero attached hydrogens (tertiary/aromatic N) is 1. The maximum Gasteiger partial charge on any atom is 0.222 e. The smallest absolute Gasteiger partial charge is 0.222 e. The van der Waals surface area contributed by atoms with Crippen LogP contribution in [-0.4, -0.2) is 37.0 Å². The second-order valence-electron chi connectivity index (χ2n) is 4.22. The van der Waals surface area contributed by atoms with Gasteiger partial charge in [0.1, 0.15) is 0 Å². The number of carbonyl (C=O) groups is 1. The van der Waals surface area contributed by atoms with Gasteiger partial charge in [-0.3, -0.25) is 4.79 Å². The molecule has 0 atom stereocenters. The molecule has 2 rings (SSSR count). The lowest BCUT2D eigenvalue weighted by atomic mass is 10.1. The minimum Gasteiger partial charge on any atom is -0.340 e. The summed E-state index contributed by atoms with van der Waals surface area (Å²) < 4.78 is 1.09. The van der Waals surface area contributed by atoms with Crippen LogP contribution >= 0.6 is 15.9 Å². The summed E-state index contributed by atoms with van der Waals surface area (Å²) in [6.45, 7) is 3.52. The highest BCUT2D eigenvalue weighted by atomic mass is 79.9. The molecule has 0 aliphatic carbocycles. The van der Waals surface area contributed by atoms with Crippen LogP contribution in [-0.2, 0) is 11.2 Å². The first-order chi connectivity index (χ1) is 8.27. The van der Waals surface area contributed by atoms with Crippen molar-refractivity contribution in [2.75, 3.05) is 26.2 Å². The number of carbonyl (C=O) groups excluding carboxylic acids is 1. The van der Waals surface area contributed by atoms with E-state index in [1.54, 1.807) is 0 Å². The number of benzene rings is 1. The van der Waals surface area contributed by atoms with Crippen molar-refractivity contribution in [3.8, 4) is 0 Å². The van der Waals surface area contributed by atoms with Crippen molar-refractivity contribution >= 4 is 21.8 Å². The molecule has 4 heteroatoms. The van der Waals surface area contributed by atoms with E-state index in [1.807, 2.05) is 23.1 Å². The Labute approximate surface area is 110 Å². The van der Waals surface area contributed by atoms with Crippen LogP contribution in [0.1, 0.15) is 12.0 Å². The highest BCUT2D eigenvalue weighted by Gasteiger charge is 2.15. The van der Waals surface area contributed by atoms with Gasteiger partial charge in [0.25, 0.3) is 0 Å². The summed E-state index contributed by atoms with van der Waals surface area (Å²) in [5, 5.41) is 3.25. The zero-order valence-electron chi connectivity index (χ0n) is 9.79. The van der Waals surface area contributed by atoms with Gasteiger partial charge >= 0.3 is 0 Å². The van der Waals surface area contributed by atoms with Crippen LogP contribution in [0.4, 0.5) is 0 Å². The third-order valence-corrected chi connectivity index (χ3v) is 3.81. The lowest BCUT2D eigenvalue weighted by Crippen LogP contribution is -2.46. The zero-order chi connectivity index (χ0) is 12.1. The van der Waals surface area contributed by atoms with Crippen molar-refractivity contribution in [1.29, 1.82) is 0 Å². The molecule has 0 saturated carbocycles. The molecule has 1 aliphatic heterocycles. The molecule has 0 radical (unpaired) electrons. The van der Waals surface area contributed by atoms with Crippen molar-refractivity contribution in [2.24, 2.45) is 0 Å². The van der Waals surface area contributed by atoms with E-state index in [1.165, 1.54) is 5.56 Å². The van der Waals surface area contributed by atoms with Gasteiger partial charge in [0.2, 0.25) is 5.91 Å². The van der Waals surface area contributed by atoms with Gasteiger partial charge in [-0.2, -0.15) is 0 Å². The Hall–Kier alpha value is -0.870. The number of hydrogen-bond donors (Lipinski definition) is 1. The largest absolute Gasteiger partial charge is 0.340 e. The molecule has 1 fully saturated rings. The Morgan fingerprint density at radius 3 is 2.71 bits per heavy atom. The van der Waals surface area contributed by atoms with Crippen molar-refractivity contribution in [1.82, 2.24) is 10.2 Å². The molecule has 92 valence electrons. The molecule has 0 bridgehead atoms. The minimum absolute atomic E-state index is 0.266.